The molecule has 0 aromatic heterocycles. The van der Waals surface area contributed by atoms with Crippen LogP contribution in [0.4, 0.5) is 4.39 Å². The Balaban J connectivity index is 1.85. The molecule has 1 aromatic rings. The average molecular weight is 270 g/mol. The topological polar surface area (TPSA) is 12.0 Å². The van der Waals surface area contributed by atoms with E-state index in [1.54, 1.807) is 6.07 Å². The fraction of sp³-hybridized carbons (Fsp3) is 0.600. The van der Waals surface area contributed by atoms with Crippen molar-refractivity contribution >= 4 is 11.6 Å². The Morgan fingerprint density at radius 2 is 1.72 bits per heavy atom. The monoisotopic (exact) mass is 269 g/mol. The van der Waals surface area contributed by atoms with Crippen molar-refractivity contribution in [2.75, 3.05) is 0 Å². The van der Waals surface area contributed by atoms with Gasteiger partial charge in [0.2, 0.25) is 0 Å². The molecule has 0 radical (unpaired) electrons. The molecule has 1 aromatic carbocycles. The summed E-state index contributed by atoms with van der Waals surface area (Å²) >= 11 is 5.85. The Bertz CT molecular complexity index is 353. The van der Waals surface area contributed by atoms with E-state index < -0.39 is 0 Å². The Kier molecular flexibility index (Phi) is 5.45. The van der Waals surface area contributed by atoms with Gasteiger partial charge in [-0.05, 0) is 36.6 Å². The Morgan fingerprint density at radius 3 is 2.39 bits per heavy atom. The van der Waals surface area contributed by atoms with Gasteiger partial charge in [0.25, 0.3) is 0 Å². The first-order chi connectivity index (χ1) is 8.74. The molecular formula is C15H21ClFN. The summed E-state index contributed by atoms with van der Waals surface area (Å²) in [5.41, 5.74) is 0.932. The Labute approximate surface area is 114 Å². The van der Waals surface area contributed by atoms with Gasteiger partial charge in [-0.2, -0.15) is 0 Å². The smallest absolute Gasteiger partial charge is 0.125 e. The third-order valence-corrected chi connectivity index (χ3v) is 3.84. The Hall–Kier alpha value is -0.600. The molecule has 0 atom stereocenters. The van der Waals surface area contributed by atoms with Gasteiger partial charge in [-0.1, -0.05) is 43.7 Å². The molecule has 0 saturated heterocycles. The lowest BCUT2D eigenvalue weighted by atomic mass is 9.96. The highest BCUT2D eigenvalue weighted by Crippen LogP contribution is 2.18. The predicted molar refractivity (Wildman–Crippen MR) is 74.4 cm³/mol. The quantitative estimate of drug-likeness (QED) is 0.840. The van der Waals surface area contributed by atoms with E-state index in [4.69, 9.17) is 11.6 Å². The minimum absolute atomic E-state index is 0.253. The normalized spacial score (nSPS) is 18.3. The van der Waals surface area contributed by atoms with Gasteiger partial charge in [0.1, 0.15) is 5.82 Å². The van der Waals surface area contributed by atoms with Crippen LogP contribution in [0.5, 0.6) is 0 Å². The molecule has 3 heteroatoms. The van der Waals surface area contributed by atoms with Crippen molar-refractivity contribution in [1.82, 2.24) is 5.32 Å². The van der Waals surface area contributed by atoms with E-state index in [9.17, 15) is 4.39 Å². The first-order valence-corrected chi connectivity index (χ1v) is 7.30. The van der Waals surface area contributed by atoms with E-state index in [-0.39, 0.29) is 5.82 Å². The van der Waals surface area contributed by atoms with Crippen LogP contribution in [-0.4, -0.2) is 6.04 Å². The zero-order chi connectivity index (χ0) is 12.8. The van der Waals surface area contributed by atoms with Crippen molar-refractivity contribution in [1.29, 1.82) is 0 Å². The minimum Gasteiger partial charge on any atom is -0.310 e. The van der Waals surface area contributed by atoms with Crippen LogP contribution in [0, 0.1) is 5.82 Å². The molecule has 0 spiro atoms. The van der Waals surface area contributed by atoms with E-state index in [1.165, 1.54) is 51.0 Å². The number of hydrogen-bond acceptors (Lipinski definition) is 1. The van der Waals surface area contributed by atoms with Gasteiger partial charge < -0.3 is 5.32 Å². The Morgan fingerprint density at radius 1 is 1.06 bits per heavy atom. The zero-order valence-electron chi connectivity index (χ0n) is 10.7. The summed E-state index contributed by atoms with van der Waals surface area (Å²) in [6.45, 7) is 0.710. The summed E-state index contributed by atoms with van der Waals surface area (Å²) in [6, 6.07) is 5.32. The van der Waals surface area contributed by atoms with Crippen molar-refractivity contribution < 1.29 is 4.39 Å². The molecule has 0 aliphatic heterocycles. The molecule has 1 nitrogen and oxygen atoms in total. The second-order valence-electron chi connectivity index (χ2n) is 5.20. The van der Waals surface area contributed by atoms with Crippen LogP contribution in [0.15, 0.2) is 18.2 Å². The lowest BCUT2D eigenvalue weighted by Gasteiger charge is -2.21. The molecule has 1 N–H and O–H groups in total. The van der Waals surface area contributed by atoms with Gasteiger partial charge in [-0.25, -0.2) is 4.39 Å². The van der Waals surface area contributed by atoms with Gasteiger partial charge in [0.05, 0.1) is 0 Å². The van der Waals surface area contributed by atoms with Gasteiger partial charge in [0, 0.05) is 17.6 Å². The number of halogens is 2. The van der Waals surface area contributed by atoms with Crippen LogP contribution in [-0.2, 0) is 6.54 Å². The van der Waals surface area contributed by atoms with Gasteiger partial charge in [-0.15, -0.1) is 0 Å². The predicted octanol–water partition coefficient (Wildman–Crippen LogP) is 4.68. The summed E-state index contributed by atoms with van der Waals surface area (Å²) in [7, 11) is 0. The number of hydrogen-bond donors (Lipinski definition) is 1. The van der Waals surface area contributed by atoms with Crippen LogP contribution in [0.1, 0.15) is 50.5 Å². The molecule has 2 rings (SSSR count). The van der Waals surface area contributed by atoms with E-state index in [0.717, 1.165) is 5.56 Å². The molecule has 1 aliphatic carbocycles. The lowest BCUT2D eigenvalue weighted by Crippen LogP contribution is -2.29. The molecule has 18 heavy (non-hydrogen) atoms. The fourth-order valence-corrected chi connectivity index (χ4v) is 2.88. The van der Waals surface area contributed by atoms with Crippen molar-refractivity contribution in [3.8, 4) is 0 Å². The van der Waals surface area contributed by atoms with Crippen molar-refractivity contribution in [3.05, 3.63) is 34.6 Å². The summed E-state index contributed by atoms with van der Waals surface area (Å²) in [6.07, 6.45) is 9.18. The second kappa shape index (κ2) is 7.10. The van der Waals surface area contributed by atoms with E-state index in [2.05, 4.69) is 5.32 Å². The van der Waals surface area contributed by atoms with Crippen molar-refractivity contribution in [2.45, 2.75) is 57.5 Å². The molecule has 0 bridgehead atoms. The summed E-state index contributed by atoms with van der Waals surface area (Å²) < 4.78 is 13.2. The van der Waals surface area contributed by atoms with Crippen molar-refractivity contribution in [2.24, 2.45) is 0 Å². The highest BCUT2D eigenvalue weighted by Gasteiger charge is 2.10. The highest BCUT2D eigenvalue weighted by molar-refractivity contribution is 6.30. The lowest BCUT2D eigenvalue weighted by molar-refractivity contribution is 0.389. The number of rotatable bonds is 3. The molecule has 100 valence electrons. The summed E-state index contributed by atoms with van der Waals surface area (Å²) in [5.74, 6) is -0.253. The van der Waals surface area contributed by atoms with Crippen LogP contribution in [0.2, 0.25) is 5.02 Å². The van der Waals surface area contributed by atoms with E-state index in [0.29, 0.717) is 17.6 Å². The van der Waals surface area contributed by atoms with Gasteiger partial charge in [-0.3, -0.25) is 0 Å². The average Bonchev–Trinajstić information content (AvgIpc) is 2.26. The summed E-state index contributed by atoms with van der Waals surface area (Å²) in [5, 5.41) is 4.01. The van der Waals surface area contributed by atoms with Gasteiger partial charge >= 0.3 is 0 Å². The first kappa shape index (κ1) is 13.8. The van der Waals surface area contributed by atoms with E-state index in [1.807, 2.05) is 6.07 Å². The second-order valence-corrected chi connectivity index (χ2v) is 5.64. The minimum atomic E-state index is -0.253. The first-order valence-electron chi connectivity index (χ1n) is 6.92. The standard InChI is InChI=1S/C15H21ClFN/c16-13-8-12(9-14(17)10-13)11-18-15-6-4-2-1-3-5-7-15/h8-10,15,18H,1-7,11H2. The van der Waals surface area contributed by atoms with Crippen LogP contribution in [0.3, 0.4) is 0 Å². The SMILES string of the molecule is Fc1cc(Cl)cc(CNC2CCCCCCC2)c1. The molecule has 1 saturated carbocycles. The number of benzene rings is 1. The largest absolute Gasteiger partial charge is 0.310 e. The van der Waals surface area contributed by atoms with Crippen LogP contribution < -0.4 is 5.32 Å². The fourth-order valence-electron chi connectivity index (χ4n) is 2.64. The third-order valence-electron chi connectivity index (χ3n) is 3.62. The maximum Gasteiger partial charge on any atom is 0.125 e. The maximum atomic E-state index is 13.2. The number of nitrogens with one attached hydrogen (secondary N) is 1. The third kappa shape index (κ3) is 4.58. The maximum absolute atomic E-state index is 13.2. The molecule has 1 fully saturated rings. The molecule has 0 unspecified atom stereocenters. The van der Waals surface area contributed by atoms with E-state index >= 15 is 0 Å². The highest BCUT2D eigenvalue weighted by atomic mass is 35.5. The van der Waals surface area contributed by atoms with Crippen LogP contribution >= 0.6 is 11.6 Å². The summed E-state index contributed by atoms with van der Waals surface area (Å²) in [4.78, 5) is 0. The van der Waals surface area contributed by atoms with Crippen molar-refractivity contribution in [3.63, 3.8) is 0 Å². The molecule has 0 heterocycles. The van der Waals surface area contributed by atoms with Gasteiger partial charge in [0.15, 0.2) is 0 Å². The zero-order valence-corrected chi connectivity index (χ0v) is 11.5. The molecular weight excluding hydrogens is 249 g/mol. The van der Waals surface area contributed by atoms with Crippen LogP contribution in [0.25, 0.3) is 0 Å². The molecule has 1 aliphatic rings. The molecule has 0 amide bonds.